The van der Waals surface area contributed by atoms with Gasteiger partial charge in [-0.1, -0.05) is 30.3 Å². The summed E-state index contributed by atoms with van der Waals surface area (Å²) in [5, 5.41) is 9.05. The molecule has 2 aromatic rings. The summed E-state index contributed by atoms with van der Waals surface area (Å²) in [6.45, 7) is 0. The Morgan fingerprint density at radius 2 is 1.94 bits per heavy atom. The van der Waals surface area contributed by atoms with Crippen LogP contribution in [0, 0.1) is 11.3 Å². The molecule has 84 valence electrons. The number of nitrogens with one attached hydrogen (secondary N) is 1. The molecule has 0 atom stereocenters. The fourth-order valence-electron chi connectivity index (χ4n) is 1.65. The van der Waals surface area contributed by atoms with Crippen LogP contribution < -0.4 is 11.5 Å². The van der Waals surface area contributed by atoms with Crippen molar-refractivity contribution in [3.8, 4) is 17.3 Å². The summed E-state index contributed by atoms with van der Waals surface area (Å²) in [4.78, 5) is 13.9. The molecule has 5 N–H and O–H groups in total. The van der Waals surface area contributed by atoms with Crippen molar-refractivity contribution in [2.75, 3.05) is 5.73 Å². The summed E-state index contributed by atoms with van der Waals surface area (Å²) < 4.78 is 0. The number of nitrogen functional groups attached to an aromatic ring is 1. The van der Waals surface area contributed by atoms with E-state index in [-0.39, 0.29) is 16.9 Å². The maximum atomic E-state index is 11.1. The summed E-state index contributed by atoms with van der Waals surface area (Å²) in [5.41, 5.74) is 12.6. The van der Waals surface area contributed by atoms with Gasteiger partial charge in [-0.15, -0.1) is 0 Å². The van der Waals surface area contributed by atoms with Crippen molar-refractivity contribution in [1.82, 2.24) is 4.98 Å². The summed E-state index contributed by atoms with van der Waals surface area (Å²) in [6.07, 6.45) is 0. The third-order valence-corrected chi connectivity index (χ3v) is 2.46. The number of amides is 1. The van der Waals surface area contributed by atoms with Crippen LogP contribution >= 0.6 is 0 Å². The summed E-state index contributed by atoms with van der Waals surface area (Å²) >= 11 is 0. The van der Waals surface area contributed by atoms with Crippen LogP contribution in [0.15, 0.2) is 30.3 Å². The topological polar surface area (TPSA) is 109 Å². The van der Waals surface area contributed by atoms with E-state index < -0.39 is 5.91 Å². The van der Waals surface area contributed by atoms with Crippen LogP contribution in [0.1, 0.15) is 16.1 Å². The number of hydrogen-bond acceptors (Lipinski definition) is 3. The largest absolute Gasteiger partial charge is 0.396 e. The van der Waals surface area contributed by atoms with E-state index in [0.717, 1.165) is 5.56 Å². The Morgan fingerprint density at radius 1 is 1.29 bits per heavy atom. The van der Waals surface area contributed by atoms with Gasteiger partial charge in [-0.25, -0.2) is 0 Å². The van der Waals surface area contributed by atoms with Crippen LogP contribution in [0.4, 0.5) is 5.69 Å². The van der Waals surface area contributed by atoms with Crippen LogP contribution in [-0.4, -0.2) is 10.9 Å². The minimum absolute atomic E-state index is 0.0698. The van der Waals surface area contributed by atoms with Gasteiger partial charge < -0.3 is 16.5 Å². The number of carbonyl (C=O) groups excluding carboxylic acids is 1. The zero-order valence-electron chi connectivity index (χ0n) is 8.90. The Bertz CT molecular complexity index is 607. The van der Waals surface area contributed by atoms with Gasteiger partial charge in [0.25, 0.3) is 5.91 Å². The number of hydrogen-bond donors (Lipinski definition) is 3. The average molecular weight is 226 g/mol. The van der Waals surface area contributed by atoms with Crippen molar-refractivity contribution in [3.05, 3.63) is 41.6 Å². The molecule has 1 aromatic carbocycles. The molecule has 0 fully saturated rings. The SMILES string of the molecule is N#Cc1c(-c2ccccc2)[nH]c(C(N)=O)c1N. The lowest BCUT2D eigenvalue weighted by Gasteiger charge is -1.97. The lowest BCUT2D eigenvalue weighted by atomic mass is 10.1. The van der Waals surface area contributed by atoms with Gasteiger partial charge >= 0.3 is 0 Å². The summed E-state index contributed by atoms with van der Waals surface area (Å²) in [7, 11) is 0. The number of rotatable bonds is 2. The molecule has 0 spiro atoms. The van der Waals surface area contributed by atoms with E-state index >= 15 is 0 Å². The molecule has 0 saturated carbocycles. The molecule has 0 aliphatic heterocycles. The number of anilines is 1. The highest BCUT2D eigenvalue weighted by molar-refractivity contribution is 5.99. The lowest BCUT2D eigenvalue weighted by molar-refractivity contribution is 0.0997. The fourth-order valence-corrected chi connectivity index (χ4v) is 1.65. The van der Waals surface area contributed by atoms with Gasteiger partial charge in [0, 0.05) is 0 Å². The number of nitrogens with zero attached hydrogens (tertiary/aromatic N) is 1. The summed E-state index contributed by atoms with van der Waals surface area (Å²) in [5.74, 6) is -0.679. The van der Waals surface area contributed by atoms with E-state index in [0.29, 0.717) is 5.69 Å². The number of nitrogens with two attached hydrogens (primary N) is 2. The molecule has 17 heavy (non-hydrogen) atoms. The minimum atomic E-state index is -0.679. The van der Waals surface area contributed by atoms with Crippen molar-refractivity contribution in [1.29, 1.82) is 5.26 Å². The molecule has 0 radical (unpaired) electrons. The van der Waals surface area contributed by atoms with Gasteiger partial charge in [0.2, 0.25) is 0 Å². The van der Waals surface area contributed by atoms with E-state index in [1.807, 2.05) is 36.4 Å². The van der Waals surface area contributed by atoms with Crippen LogP contribution in [0.2, 0.25) is 0 Å². The first-order valence-corrected chi connectivity index (χ1v) is 4.92. The molecule has 1 amide bonds. The normalized spacial score (nSPS) is 9.82. The molecule has 0 unspecified atom stereocenters. The Hall–Kier alpha value is -2.74. The van der Waals surface area contributed by atoms with E-state index in [2.05, 4.69) is 4.98 Å². The molecular formula is C12H10N4O. The number of nitriles is 1. The molecule has 0 aliphatic carbocycles. The number of aromatic amines is 1. The molecule has 0 saturated heterocycles. The second-order valence-corrected chi connectivity index (χ2v) is 3.51. The highest BCUT2D eigenvalue weighted by atomic mass is 16.1. The monoisotopic (exact) mass is 226 g/mol. The first-order valence-electron chi connectivity index (χ1n) is 4.92. The molecule has 0 bridgehead atoms. The van der Waals surface area contributed by atoms with E-state index in [4.69, 9.17) is 16.7 Å². The van der Waals surface area contributed by atoms with Crippen molar-refractivity contribution in [2.24, 2.45) is 5.73 Å². The van der Waals surface area contributed by atoms with Crippen LogP contribution in [-0.2, 0) is 0 Å². The van der Waals surface area contributed by atoms with Gasteiger partial charge in [0.05, 0.1) is 11.4 Å². The standard InChI is InChI=1S/C12H10N4O/c13-6-8-9(14)11(12(15)17)16-10(8)7-4-2-1-3-5-7/h1-5,16H,14H2,(H2,15,17). The molecule has 5 heteroatoms. The third-order valence-electron chi connectivity index (χ3n) is 2.46. The number of carbonyl (C=O) groups is 1. The van der Waals surface area contributed by atoms with Gasteiger partial charge in [-0.3, -0.25) is 4.79 Å². The lowest BCUT2D eigenvalue weighted by Crippen LogP contribution is -2.13. The molecular weight excluding hydrogens is 216 g/mol. The zero-order valence-corrected chi connectivity index (χ0v) is 8.90. The number of benzene rings is 1. The average Bonchev–Trinajstić information content (AvgIpc) is 2.67. The number of aromatic nitrogens is 1. The fraction of sp³-hybridized carbons (Fsp3) is 0. The van der Waals surface area contributed by atoms with Gasteiger partial charge in [0.15, 0.2) is 0 Å². The third kappa shape index (κ3) is 1.72. The minimum Gasteiger partial charge on any atom is -0.396 e. The summed E-state index contributed by atoms with van der Waals surface area (Å²) in [6, 6.07) is 11.1. The Morgan fingerprint density at radius 3 is 2.47 bits per heavy atom. The van der Waals surface area contributed by atoms with Crippen molar-refractivity contribution < 1.29 is 4.79 Å². The first-order chi connectivity index (χ1) is 8.15. The van der Waals surface area contributed by atoms with E-state index in [1.165, 1.54) is 0 Å². The molecule has 1 aromatic heterocycles. The maximum Gasteiger partial charge on any atom is 0.267 e. The molecule has 0 aliphatic rings. The van der Waals surface area contributed by atoms with Gasteiger partial charge in [-0.05, 0) is 5.56 Å². The molecule has 5 nitrogen and oxygen atoms in total. The van der Waals surface area contributed by atoms with Crippen molar-refractivity contribution in [3.63, 3.8) is 0 Å². The van der Waals surface area contributed by atoms with Gasteiger partial charge in [-0.2, -0.15) is 5.26 Å². The second-order valence-electron chi connectivity index (χ2n) is 3.51. The first kappa shape index (κ1) is 10.8. The quantitative estimate of drug-likeness (QED) is 0.716. The Balaban J connectivity index is 2.68. The maximum absolute atomic E-state index is 11.1. The van der Waals surface area contributed by atoms with Crippen molar-refractivity contribution >= 4 is 11.6 Å². The number of H-pyrrole nitrogens is 1. The van der Waals surface area contributed by atoms with Crippen LogP contribution in [0.5, 0.6) is 0 Å². The van der Waals surface area contributed by atoms with E-state index in [9.17, 15) is 4.79 Å². The second kappa shape index (κ2) is 4.02. The smallest absolute Gasteiger partial charge is 0.267 e. The van der Waals surface area contributed by atoms with E-state index in [1.54, 1.807) is 0 Å². The highest BCUT2D eigenvalue weighted by Gasteiger charge is 2.18. The molecule has 1 heterocycles. The Kier molecular flexibility index (Phi) is 2.55. The number of primary amides is 1. The van der Waals surface area contributed by atoms with Crippen LogP contribution in [0.3, 0.4) is 0 Å². The van der Waals surface area contributed by atoms with Crippen molar-refractivity contribution in [2.45, 2.75) is 0 Å². The Labute approximate surface area is 97.7 Å². The predicted molar refractivity (Wildman–Crippen MR) is 63.9 cm³/mol. The van der Waals surface area contributed by atoms with Gasteiger partial charge in [0.1, 0.15) is 17.3 Å². The molecule has 2 rings (SSSR count). The highest BCUT2D eigenvalue weighted by Crippen LogP contribution is 2.29. The predicted octanol–water partition coefficient (Wildman–Crippen LogP) is 1.23. The van der Waals surface area contributed by atoms with Crippen LogP contribution in [0.25, 0.3) is 11.3 Å². The zero-order chi connectivity index (χ0) is 12.4.